The number of para-hydroxylation sites is 1. The standard InChI is InChI=1S/C20H19BrN4O2S/c1-14-18(20(27)25(24-14)17-5-3-2-4-6-17)11-22-23-19(26)13-28-12-15-7-9-16(21)10-8-15/h2-11,24H,12-13H2,1H3,(H,23,26). The second kappa shape index (κ2) is 9.57. The highest BCUT2D eigenvalue weighted by molar-refractivity contribution is 9.10. The molecule has 0 bridgehead atoms. The van der Waals surface area contributed by atoms with Gasteiger partial charge in [0.2, 0.25) is 5.91 Å². The molecule has 1 aromatic heterocycles. The van der Waals surface area contributed by atoms with E-state index in [1.165, 1.54) is 22.7 Å². The first kappa shape index (κ1) is 20.2. The van der Waals surface area contributed by atoms with Crippen LogP contribution < -0.4 is 11.0 Å². The summed E-state index contributed by atoms with van der Waals surface area (Å²) in [7, 11) is 0. The molecule has 0 atom stereocenters. The zero-order valence-corrected chi connectivity index (χ0v) is 17.6. The molecule has 2 N–H and O–H groups in total. The van der Waals surface area contributed by atoms with Gasteiger partial charge in [0, 0.05) is 15.9 Å². The Balaban J connectivity index is 1.54. The van der Waals surface area contributed by atoms with Crippen LogP contribution >= 0.6 is 27.7 Å². The van der Waals surface area contributed by atoms with Gasteiger partial charge in [0.1, 0.15) is 0 Å². The van der Waals surface area contributed by atoms with Crippen molar-refractivity contribution in [1.29, 1.82) is 0 Å². The summed E-state index contributed by atoms with van der Waals surface area (Å²) >= 11 is 4.90. The van der Waals surface area contributed by atoms with E-state index in [2.05, 4.69) is 31.6 Å². The fraction of sp³-hybridized carbons (Fsp3) is 0.150. The van der Waals surface area contributed by atoms with E-state index in [9.17, 15) is 9.59 Å². The predicted molar refractivity (Wildman–Crippen MR) is 117 cm³/mol. The van der Waals surface area contributed by atoms with Gasteiger partial charge < -0.3 is 0 Å². The highest BCUT2D eigenvalue weighted by Gasteiger charge is 2.10. The first-order valence-corrected chi connectivity index (χ1v) is 10.5. The molecule has 1 heterocycles. The summed E-state index contributed by atoms with van der Waals surface area (Å²) in [4.78, 5) is 24.5. The number of amides is 1. The number of hydrogen-bond acceptors (Lipinski definition) is 4. The lowest BCUT2D eigenvalue weighted by Crippen LogP contribution is -2.21. The van der Waals surface area contributed by atoms with Crippen LogP contribution in [-0.4, -0.2) is 27.7 Å². The monoisotopic (exact) mass is 458 g/mol. The minimum atomic E-state index is -0.216. The van der Waals surface area contributed by atoms with E-state index < -0.39 is 0 Å². The Kier molecular flexibility index (Phi) is 6.89. The maximum Gasteiger partial charge on any atom is 0.280 e. The number of halogens is 1. The number of H-pyrrole nitrogens is 1. The fourth-order valence-corrected chi connectivity index (χ4v) is 3.56. The van der Waals surface area contributed by atoms with Gasteiger partial charge in [0.05, 0.1) is 23.2 Å². The molecule has 0 saturated carbocycles. The van der Waals surface area contributed by atoms with E-state index in [-0.39, 0.29) is 17.2 Å². The second-order valence-corrected chi connectivity index (χ2v) is 7.94. The van der Waals surface area contributed by atoms with Crippen LogP contribution in [0.25, 0.3) is 5.69 Å². The Morgan fingerprint density at radius 2 is 1.93 bits per heavy atom. The summed E-state index contributed by atoms with van der Waals surface area (Å²) in [6, 6.07) is 17.3. The first-order chi connectivity index (χ1) is 13.5. The third-order valence-corrected chi connectivity index (χ3v) is 5.46. The number of nitrogens with zero attached hydrogens (tertiary/aromatic N) is 2. The number of hydrazone groups is 1. The Hall–Kier alpha value is -2.58. The number of aromatic nitrogens is 2. The molecule has 0 aliphatic carbocycles. The molecule has 3 aromatic rings. The largest absolute Gasteiger partial charge is 0.295 e. The molecular formula is C20H19BrN4O2S. The number of carbonyl (C=O) groups is 1. The van der Waals surface area contributed by atoms with Crippen molar-refractivity contribution >= 4 is 39.8 Å². The Morgan fingerprint density at radius 1 is 1.21 bits per heavy atom. The highest BCUT2D eigenvalue weighted by Crippen LogP contribution is 2.15. The molecule has 144 valence electrons. The van der Waals surface area contributed by atoms with Crippen LogP contribution in [0.3, 0.4) is 0 Å². The average Bonchev–Trinajstić information content (AvgIpc) is 2.98. The van der Waals surface area contributed by atoms with Crippen molar-refractivity contribution < 1.29 is 4.79 Å². The summed E-state index contributed by atoms with van der Waals surface area (Å²) < 4.78 is 2.48. The van der Waals surface area contributed by atoms with Crippen LogP contribution in [0.2, 0.25) is 0 Å². The van der Waals surface area contributed by atoms with Crippen LogP contribution in [0.4, 0.5) is 0 Å². The normalized spacial score (nSPS) is 11.1. The van der Waals surface area contributed by atoms with Crippen LogP contribution in [0.5, 0.6) is 0 Å². The minimum Gasteiger partial charge on any atom is -0.295 e. The summed E-state index contributed by atoms with van der Waals surface area (Å²) in [6.45, 7) is 1.79. The van der Waals surface area contributed by atoms with Crippen LogP contribution in [0.1, 0.15) is 16.8 Å². The molecule has 1 amide bonds. The third-order valence-electron chi connectivity index (χ3n) is 3.93. The number of benzene rings is 2. The second-order valence-electron chi connectivity index (χ2n) is 6.04. The van der Waals surface area contributed by atoms with Gasteiger partial charge >= 0.3 is 0 Å². The predicted octanol–water partition coefficient (Wildman–Crippen LogP) is 3.62. The third kappa shape index (κ3) is 5.24. The van der Waals surface area contributed by atoms with Gasteiger partial charge in [-0.25, -0.2) is 10.1 Å². The number of carbonyl (C=O) groups excluding carboxylic acids is 1. The van der Waals surface area contributed by atoms with E-state index in [1.54, 1.807) is 6.92 Å². The number of hydrogen-bond donors (Lipinski definition) is 2. The molecule has 0 radical (unpaired) electrons. The molecule has 6 nitrogen and oxygen atoms in total. The lowest BCUT2D eigenvalue weighted by atomic mass is 10.2. The molecule has 0 aliphatic rings. The molecule has 28 heavy (non-hydrogen) atoms. The van der Waals surface area contributed by atoms with Crippen LogP contribution in [0, 0.1) is 6.92 Å². The lowest BCUT2D eigenvalue weighted by Gasteiger charge is -2.01. The van der Waals surface area contributed by atoms with E-state index in [1.807, 2.05) is 54.6 Å². The molecule has 0 saturated heterocycles. The summed E-state index contributed by atoms with van der Waals surface area (Å²) in [5, 5.41) is 6.95. The molecule has 0 unspecified atom stereocenters. The van der Waals surface area contributed by atoms with E-state index in [0.29, 0.717) is 11.3 Å². The van der Waals surface area contributed by atoms with E-state index >= 15 is 0 Å². The SMILES string of the molecule is Cc1[nH]n(-c2ccccc2)c(=O)c1C=NNC(=O)CSCc1ccc(Br)cc1. The lowest BCUT2D eigenvalue weighted by molar-refractivity contribution is -0.118. The van der Waals surface area contributed by atoms with Crippen molar-refractivity contribution in [2.75, 3.05) is 5.75 Å². The van der Waals surface area contributed by atoms with Gasteiger partial charge in [-0.15, -0.1) is 11.8 Å². The number of aryl methyl sites for hydroxylation is 1. The average molecular weight is 459 g/mol. The van der Waals surface area contributed by atoms with Crippen molar-refractivity contribution in [3.8, 4) is 5.69 Å². The molecule has 0 aliphatic heterocycles. The summed E-state index contributed by atoms with van der Waals surface area (Å²) in [5.74, 6) is 0.812. The number of nitrogens with one attached hydrogen (secondary N) is 2. The summed E-state index contributed by atoms with van der Waals surface area (Å²) in [6.07, 6.45) is 1.38. The van der Waals surface area contributed by atoms with Crippen LogP contribution in [-0.2, 0) is 10.5 Å². The van der Waals surface area contributed by atoms with Crippen LogP contribution in [0.15, 0.2) is 69.0 Å². The van der Waals surface area contributed by atoms with Gasteiger partial charge in [-0.2, -0.15) is 5.10 Å². The molecule has 0 spiro atoms. The van der Waals surface area contributed by atoms with Crippen molar-refractivity contribution in [2.24, 2.45) is 5.10 Å². The van der Waals surface area contributed by atoms with E-state index in [0.717, 1.165) is 21.5 Å². The minimum absolute atomic E-state index is 0.213. The van der Waals surface area contributed by atoms with Crippen molar-refractivity contribution in [1.82, 2.24) is 15.2 Å². The Morgan fingerprint density at radius 3 is 2.64 bits per heavy atom. The van der Waals surface area contributed by atoms with Gasteiger partial charge in [-0.3, -0.25) is 14.7 Å². The summed E-state index contributed by atoms with van der Waals surface area (Å²) in [5.41, 5.74) is 5.23. The zero-order valence-electron chi connectivity index (χ0n) is 15.2. The van der Waals surface area contributed by atoms with Gasteiger partial charge in [-0.05, 0) is 36.8 Å². The van der Waals surface area contributed by atoms with Crippen molar-refractivity contribution in [3.05, 3.63) is 86.2 Å². The van der Waals surface area contributed by atoms with Gasteiger partial charge in [0.25, 0.3) is 5.56 Å². The molecule has 8 heteroatoms. The number of rotatable bonds is 7. The van der Waals surface area contributed by atoms with Crippen molar-refractivity contribution in [3.63, 3.8) is 0 Å². The maximum absolute atomic E-state index is 12.5. The van der Waals surface area contributed by atoms with E-state index in [4.69, 9.17) is 0 Å². The quantitative estimate of drug-likeness (QED) is 0.419. The van der Waals surface area contributed by atoms with Crippen molar-refractivity contribution in [2.45, 2.75) is 12.7 Å². The van der Waals surface area contributed by atoms with Gasteiger partial charge in [0.15, 0.2) is 0 Å². The number of thioether (sulfide) groups is 1. The maximum atomic E-state index is 12.5. The zero-order chi connectivity index (χ0) is 19.9. The topological polar surface area (TPSA) is 79.2 Å². The first-order valence-electron chi connectivity index (χ1n) is 8.56. The Labute approximate surface area is 175 Å². The highest BCUT2D eigenvalue weighted by atomic mass is 79.9. The molecular weight excluding hydrogens is 440 g/mol. The Bertz CT molecular complexity index is 1030. The molecule has 3 rings (SSSR count). The molecule has 2 aromatic carbocycles. The fourth-order valence-electron chi connectivity index (χ4n) is 2.51. The smallest absolute Gasteiger partial charge is 0.280 e. The number of aromatic amines is 1. The van der Waals surface area contributed by atoms with Gasteiger partial charge in [-0.1, -0.05) is 46.3 Å². The molecule has 0 fully saturated rings.